The molecule has 2 aromatic rings. The van der Waals surface area contributed by atoms with E-state index in [1.54, 1.807) is 0 Å². The normalized spacial score (nSPS) is 11.4. The van der Waals surface area contributed by atoms with Crippen LogP contribution < -0.4 is 0 Å². The number of unbranched alkanes of at least 4 members (excludes halogenated alkanes) is 2. The van der Waals surface area contributed by atoms with Crippen LogP contribution in [0.3, 0.4) is 0 Å². The van der Waals surface area contributed by atoms with E-state index < -0.39 is 0 Å². The average molecular weight is 383 g/mol. The lowest BCUT2D eigenvalue weighted by Gasteiger charge is -2.22. The number of benzene rings is 2. The highest BCUT2D eigenvalue weighted by molar-refractivity contribution is 5.49. The van der Waals surface area contributed by atoms with E-state index in [-0.39, 0.29) is 5.92 Å². The van der Waals surface area contributed by atoms with Crippen molar-refractivity contribution in [2.45, 2.75) is 91.9 Å². The monoisotopic (exact) mass is 382 g/mol. The summed E-state index contributed by atoms with van der Waals surface area (Å²) < 4.78 is 0. The zero-order valence-electron chi connectivity index (χ0n) is 18.4. The number of aryl methyl sites for hydroxylation is 2. The van der Waals surface area contributed by atoms with Gasteiger partial charge in [0.15, 0.2) is 0 Å². The van der Waals surface area contributed by atoms with Gasteiger partial charge < -0.3 is 10.2 Å². The standard InChI is InChI=1S/C26H38O2/c1-6-9-12-22-18(4)14-20(16-25(22)27)24(11-8-3)21-15-19(5)23(13-10-7-2)26(28)17-21/h14-17,24,27-28H,6-13H2,1-5H3. The molecule has 0 saturated heterocycles. The van der Waals surface area contributed by atoms with E-state index in [9.17, 15) is 10.2 Å². The summed E-state index contributed by atoms with van der Waals surface area (Å²) in [5, 5.41) is 21.3. The summed E-state index contributed by atoms with van der Waals surface area (Å²) in [6.45, 7) is 10.8. The molecule has 0 bridgehead atoms. The van der Waals surface area contributed by atoms with Crippen molar-refractivity contribution in [2.24, 2.45) is 0 Å². The summed E-state index contributed by atoms with van der Waals surface area (Å²) in [5.74, 6) is 1.04. The van der Waals surface area contributed by atoms with Gasteiger partial charge in [0.05, 0.1) is 0 Å². The first-order valence-corrected chi connectivity index (χ1v) is 11.1. The van der Waals surface area contributed by atoms with Gasteiger partial charge in [0.2, 0.25) is 0 Å². The Morgan fingerprint density at radius 3 is 1.43 bits per heavy atom. The number of hydrogen-bond donors (Lipinski definition) is 2. The van der Waals surface area contributed by atoms with Crippen LogP contribution in [-0.2, 0) is 12.8 Å². The smallest absolute Gasteiger partial charge is 0.119 e. The van der Waals surface area contributed by atoms with Crippen molar-refractivity contribution in [3.63, 3.8) is 0 Å². The molecule has 154 valence electrons. The Balaban J connectivity index is 2.43. The van der Waals surface area contributed by atoms with Gasteiger partial charge in [0.25, 0.3) is 0 Å². The number of rotatable bonds is 10. The molecule has 0 atom stereocenters. The van der Waals surface area contributed by atoms with Crippen LogP contribution in [0, 0.1) is 13.8 Å². The Kier molecular flexibility index (Phi) is 8.41. The number of hydrogen-bond acceptors (Lipinski definition) is 2. The fourth-order valence-electron chi connectivity index (χ4n) is 4.23. The first-order chi connectivity index (χ1) is 13.4. The molecule has 0 unspecified atom stereocenters. The molecule has 2 aromatic carbocycles. The Morgan fingerprint density at radius 2 is 1.11 bits per heavy atom. The molecule has 0 aliphatic rings. The first-order valence-electron chi connectivity index (χ1n) is 11.1. The molecule has 0 aromatic heterocycles. The quantitative estimate of drug-likeness (QED) is 0.451. The Bertz CT molecular complexity index is 666. The van der Waals surface area contributed by atoms with E-state index in [1.807, 2.05) is 12.1 Å². The van der Waals surface area contributed by atoms with Gasteiger partial charge in [-0.15, -0.1) is 0 Å². The lowest BCUT2D eigenvalue weighted by molar-refractivity contribution is 0.463. The second-order valence-corrected chi connectivity index (χ2v) is 8.22. The van der Waals surface area contributed by atoms with Crippen LogP contribution in [0.1, 0.15) is 98.6 Å². The molecule has 0 aliphatic carbocycles. The van der Waals surface area contributed by atoms with Crippen molar-refractivity contribution in [3.05, 3.63) is 57.6 Å². The molecule has 0 aliphatic heterocycles. The Morgan fingerprint density at radius 1 is 0.679 bits per heavy atom. The Hall–Kier alpha value is -1.96. The van der Waals surface area contributed by atoms with E-state index in [1.165, 1.54) is 11.1 Å². The second kappa shape index (κ2) is 10.5. The van der Waals surface area contributed by atoms with E-state index in [4.69, 9.17) is 0 Å². The fourth-order valence-corrected chi connectivity index (χ4v) is 4.23. The lowest BCUT2D eigenvalue weighted by atomic mass is 9.83. The molecule has 28 heavy (non-hydrogen) atoms. The average Bonchev–Trinajstić information content (AvgIpc) is 2.64. The number of aromatic hydroxyl groups is 2. The van der Waals surface area contributed by atoms with Crippen molar-refractivity contribution in [2.75, 3.05) is 0 Å². The summed E-state index contributed by atoms with van der Waals surface area (Å²) >= 11 is 0. The zero-order valence-corrected chi connectivity index (χ0v) is 18.4. The maximum atomic E-state index is 10.7. The van der Waals surface area contributed by atoms with E-state index in [0.717, 1.165) is 73.6 Å². The van der Waals surface area contributed by atoms with Gasteiger partial charge in [-0.25, -0.2) is 0 Å². The van der Waals surface area contributed by atoms with Crippen LogP contribution in [0.4, 0.5) is 0 Å². The SMILES string of the molecule is CCCCc1c(C)cc(C(CCC)c2cc(C)c(CCCC)c(O)c2)cc1O. The van der Waals surface area contributed by atoms with Gasteiger partial charge in [-0.3, -0.25) is 0 Å². The van der Waals surface area contributed by atoms with Crippen molar-refractivity contribution in [3.8, 4) is 11.5 Å². The third-order valence-electron chi connectivity index (χ3n) is 5.89. The first kappa shape index (κ1) is 22.3. The largest absolute Gasteiger partial charge is 0.508 e. The zero-order chi connectivity index (χ0) is 20.7. The molecular formula is C26H38O2. The van der Waals surface area contributed by atoms with Crippen LogP contribution in [-0.4, -0.2) is 10.2 Å². The second-order valence-electron chi connectivity index (χ2n) is 8.22. The van der Waals surface area contributed by atoms with Crippen LogP contribution in [0.25, 0.3) is 0 Å². The Labute approximate surface area is 171 Å². The maximum Gasteiger partial charge on any atom is 0.119 e. The van der Waals surface area contributed by atoms with Gasteiger partial charge in [0, 0.05) is 5.92 Å². The van der Waals surface area contributed by atoms with Crippen molar-refractivity contribution < 1.29 is 10.2 Å². The van der Waals surface area contributed by atoms with Gasteiger partial charge in [-0.1, -0.05) is 52.2 Å². The molecular weight excluding hydrogens is 344 g/mol. The van der Waals surface area contributed by atoms with E-state index in [0.29, 0.717) is 11.5 Å². The summed E-state index contributed by atoms with van der Waals surface area (Å²) in [5.41, 5.74) is 6.80. The van der Waals surface area contributed by atoms with Crippen LogP contribution in [0.15, 0.2) is 24.3 Å². The van der Waals surface area contributed by atoms with E-state index >= 15 is 0 Å². The lowest BCUT2D eigenvalue weighted by Crippen LogP contribution is -2.05. The third-order valence-corrected chi connectivity index (χ3v) is 5.89. The number of phenolic OH excluding ortho intramolecular Hbond substituents is 2. The van der Waals surface area contributed by atoms with Gasteiger partial charge in [-0.05, 0) is 91.5 Å². The van der Waals surface area contributed by atoms with Gasteiger partial charge >= 0.3 is 0 Å². The molecule has 0 amide bonds. The van der Waals surface area contributed by atoms with Crippen molar-refractivity contribution in [1.29, 1.82) is 0 Å². The molecule has 0 saturated carbocycles. The van der Waals surface area contributed by atoms with Crippen molar-refractivity contribution in [1.82, 2.24) is 0 Å². The molecule has 0 heterocycles. The fraction of sp³-hybridized carbons (Fsp3) is 0.538. The minimum Gasteiger partial charge on any atom is -0.508 e. The van der Waals surface area contributed by atoms with Crippen LogP contribution in [0.5, 0.6) is 11.5 Å². The summed E-state index contributed by atoms with van der Waals surface area (Å²) in [6, 6.07) is 8.39. The van der Waals surface area contributed by atoms with Gasteiger partial charge in [0.1, 0.15) is 11.5 Å². The highest BCUT2D eigenvalue weighted by Crippen LogP contribution is 2.37. The van der Waals surface area contributed by atoms with E-state index in [2.05, 4.69) is 46.8 Å². The highest BCUT2D eigenvalue weighted by Gasteiger charge is 2.19. The summed E-state index contributed by atoms with van der Waals surface area (Å²) in [6.07, 6.45) is 8.36. The molecule has 0 spiro atoms. The maximum absolute atomic E-state index is 10.7. The molecule has 0 fully saturated rings. The van der Waals surface area contributed by atoms with Crippen molar-refractivity contribution >= 4 is 0 Å². The molecule has 2 rings (SSSR count). The molecule has 0 radical (unpaired) electrons. The number of phenols is 2. The minimum atomic E-state index is 0.194. The van der Waals surface area contributed by atoms with Crippen LogP contribution in [0.2, 0.25) is 0 Å². The minimum absolute atomic E-state index is 0.194. The molecule has 2 heteroatoms. The predicted molar refractivity (Wildman–Crippen MR) is 120 cm³/mol. The highest BCUT2D eigenvalue weighted by atomic mass is 16.3. The predicted octanol–water partition coefficient (Wildman–Crippen LogP) is 7.33. The molecule has 2 nitrogen and oxygen atoms in total. The summed E-state index contributed by atoms with van der Waals surface area (Å²) in [4.78, 5) is 0. The molecule has 2 N–H and O–H groups in total. The summed E-state index contributed by atoms with van der Waals surface area (Å²) in [7, 11) is 0. The van der Waals surface area contributed by atoms with Crippen LogP contribution >= 0.6 is 0 Å². The van der Waals surface area contributed by atoms with Gasteiger partial charge in [-0.2, -0.15) is 0 Å². The third kappa shape index (κ3) is 5.31. The topological polar surface area (TPSA) is 40.5 Å².